The van der Waals surface area contributed by atoms with Crippen LogP contribution in [0.15, 0.2) is 22.9 Å². The van der Waals surface area contributed by atoms with Gasteiger partial charge in [0.25, 0.3) is 0 Å². The fourth-order valence-electron chi connectivity index (χ4n) is 2.63. The van der Waals surface area contributed by atoms with Crippen LogP contribution in [-0.4, -0.2) is 28.2 Å². The van der Waals surface area contributed by atoms with E-state index in [1.54, 1.807) is 6.20 Å². The molecule has 1 fully saturated rings. The lowest BCUT2D eigenvalue weighted by Gasteiger charge is -2.20. The van der Waals surface area contributed by atoms with Crippen molar-refractivity contribution in [3.63, 3.8) is 0 Å². The lowest BCUT2D eigenvalue weighted by Crippen LogP contribution is -2.28. The summed E-state index contributed by atoms with van der Waals surface area (Å²) in [4.78, 5) is 8.92. The Bertz CT molecular complexity index is 572. The third-order valence-electron chi connectivity index (χ3n) is 4.02. The van der Waals surface area contributed by atoms with Crippen LogP contribution in [0.2, 0.25) is 0 Å². The van der Waals surface area contributed by atoms with Crippen molar-refractivity contribution in [1.82, 2.24) is 20.4 Å². The van der Waals surface area contributed by atoms with E-state index in [0.29, 0.717) is 5.82 Å². The maximum Gasteiger partial charge on any atom is 0.234 e. The average Bonchev–Trinajstić information content (AvgIpc) is 3.09. The van der Waals surface area contributed by atoms with E-state index in [4.69, 9.17) is 4.52 Å². The van der Waals surface area contributed by atoms with Gasteiger partial charge in [-0.05, 0) is 37.9 Å². The van der Waals surface area contributed by atoms with Crippen LogP contribution in [0.1, 0.15) is 31.2 Å². The molecule has 0 amide bonds. The second-order valence-electron chi connectivity index (χ2n) is 5.15. The van der Waals surface area contributed by atoms with E-state index in [1.165, 1.54) is 0 Å². The Hall–Kier alpha value is -1.75. The molecule has 1 aliphatic rings. The first-order valence-corrected chi connectivity index (χ1v) is 6.72. The lowest BCUT2D eigenvalue weighted by molar-refractivity contribution is 0.285. The van der Waals surface area contributed by atoms with Gasteiger partial charge in [-0.1, -0.05) is 18.1 Å². The van der Waals surface area contributed by atoms with Gasteiger partial charge in [0.05, 0.1) is 5.41 Å². The molecular weight excluding hydrogens is 240 g/mol. The normalized spacial score (nSPS) is 22.8. The fraction of sp³-hybridized carbons (Fsp3) is 0.500. The summed E-state index contributed by atoms with van der Waals surface area (Å²) in [7, 11) is 0. The van der Waals surface area contributed by atoms with E-state index < -0.39 is 0 Å². The number of pyridine rings is 1. The number of rotatable bonds is 3. The molecule has 2 aromatic heterocycles. The number of nitrogens with one attached hydrogen (secondary N) is 1. The van der Waals surface area contributed by atoms with Crippen molar-refractivity contribution in [2.24, 2.45) is 0 Å². The third-order valence-corrected chi connectivity index (χ3v) is 4.02. The maximum absolute atomic E-state index is 5.51. The van der Waals surface area contributed by atoms with Gasteiger partial charge in [0.2, 0.25) is 11.7 Å². The van der Waals surface area contributed by atoms with Crippen LogP contribution < -0.4 is 5.32 Å². The summed E-state index contributed by atoms with van der Waals surface area (Å²) in [6, 6.07) is 3.92. The molecule has 0 spiro atoms. The quantitative estimate of drug-likeness (QED) is 0.913. The molecule has 100 valence electrons. The maximum atomic E-state index is 5.51. The van der Waals surface area contributed by atoms with Crippen molar-refractivity contribution < 1.29 is 4.52 Å². The molecule has 1 unspecified atom stereocenters. The van der Waals surface area contributed by atoms with E-state index in [9.17, 15) is 0 Å². The highest BCUT2D eigenvalue weighted by atomic mass is 16.5. The van der Waals surface area contributed by atoms with Gasteiger partial charge >= 0.3 is 0 Å². The average molecular weight is 258 g/mol. The SMILES string of the molecule is CCC1(c2nc(-c3ncccc3C)no2)CCNC1. The van der Waals surface area contributed by atoms with Gasteiger partial charge in [-0.3, -0.25) is 4.98 Å². The first kappa shape index (κ1) is 12.3. The van der Waals surface area contributed by atoms with Gasteiger partial charge in [-0.25, -0.2) is 0 Å². The number of hydrogen-bond donors (Lipinski definition) is 1. The Morgan fingerprint density at radius 1 is 1.47 bits per heavy atom. The first-order chi connectivity index (χ1) is 9.25. The summed E-state index contributed by atoms with van der Waals surface area (Å²) in [5.74, 6) is 1.33. The second kappa shape index (κ2) is 4.74. The molecule has 1 atom stereocenters. The Morgan fingerprint density at radius 2 is 2.37 bits per heavy atom. The smallest absolute Gasteiger partial charge is 0.234 e. The minimum Gasteiger partial charge on any atom is -0.338 e. The van der Waals surface area contributed by atoms with Crippen LogP contribution in [0.5, 0.6) is 0 Å². The zero-order valence-electron chi connectivity index (χ0n) is 11.3. The van der Waals surface area contributed by atoms with Gasteiger partial charge < -0.3 is 9.84 Å². The molecule has 0 radical (unpaired) electrons. The lowest BCUT2D eigenvalue weighted by atomic mass is 9.84. The van der Waals surface area contributed by atoms with Crippen LogP contribution in [-0.2, 0) is 5.41 Å². The summed E-state index contributed by atoms with van der Waals surface area (Å²) in [6.07, 6.45) is 3.81. The highest BCUT2D eigenvalue weighted by Gasteiger charge is 2.39. The molecule has 1 aliphatic heterocycles. The summed E-state index contributed by atoms with van der Waals surface area (Å²) in [5.41, 5.74) is 1.85. The largest absolute Gasteiger partial charge is 0.338 e. The molecule has 19 heavy (non-hydrogen) atoms. The number of aromatic nitrogens is 3. The summed E-state index contributed by atoms with van der Waals surface area (Å²) in [6.45, 7) is 6.09. The molecule has 1 N–H and O–H groups in total. The highest BCUT2D eigenvalue weighted by molar-refractivity contribution is 5.53. The molecule has 0 aliphatic carbocycles. The monoisotopic (exact) mass is 258 g/mol. The molecular formula is C14H18N4O. The highest BCUT2D eigenvalue weighted by Crippen LogP contribution is 2.33. The van der Waals surface area contributed by atoms with E-state index in [1.807, 2.05) is 19.1 Å². The van der Waals surface area contributed by atoms with Gasteiger partial charge in [-0.15, -0.1) is 0 Å². The second-order valence-corrected chi connectivity index (χ2v) is 5.15. The number of aryl methyl sites for hydroxylation is 1. The topological polar surface area (TPSA) is 63.8 Å². The summed E-state index contributed by atoms with van der Waals surface area (Å²) >= 11 is 0. The summed E-state index contributed by atoms with van der Waals surface area (Å²) in [5, 5.41) is 7.49. The molecule has 1 saturated heterocycles. The van der Waals surface area contributed by atoms with Crippen molar-refractivity contribution in [2.45, 2.75) is 32.1 Å². The predicted molar refractivity (Wildman–Crippen MR) is 71.7 cm³/mol. The Labute approximate surface area is 112 Å². The standard InChI is InChI=1S/C14H18N4O/c1-3-14(6-8-15-9-14)13-17-12(18-19-13)11-10(2)5-4-7-16-11/h4-5,7,15H,3,6,8-9H2,1-2H3. The zero-order valence-corrected chi connectivity index (χ0v) is 11.3. The van der Waals surface area contributed by atoms with Crippen LogP contribution >= 0.6 is 0 Å². The van der Waals surface area contributed by atoms with Crippen molar-refractivity contribution >= 4 is 0 Å². The molecule has 0 aromatic carbocycles. The Morgan fingerprint density at radius 3 is 3.05 bits per heavy atom. The number of nitrogens with zero attached hydrogens (tertiary/aromatic N) is 3. The van der Waals surface area contributed by atoms with E-state index in [2.05, 4.69) is 27.4 Å². The minimum absolute atomic E-state index is 0.00602. The predicted octanol–water partition coefficient (Wildman–Crippen LogP) is 2.08. The van der Waals surface area contributed by atoms with Crippen LogP contribution in [0.4, 0.5) is 0 Å². The summed E-state index contributed by atoms with van der Waals surface area (Å²) < 4.78 is 5.51. The Balaban J connectivity index is 1.98. The van der Waals surface area contributed by atoms with E-state index in [-0.39, 0.29) is 5.41 Å². The fourth-order valence-corrected chi connectivity index (χ4v) is 2.63. The molecule has 0 bridgehead atoms. The van der Waals surface area contributed by atoms with Crippen LogP contribution in [0, 0.1) is 6.92 Å². The van der Waals surface area contributed by atoms with Crippen molar-refractivity contribution in [3.05, 3.63) is 29.8 Å². The van der Waals surface area contributed by atoms with Crippen LogP contribution in [0.25, 0.3) is 11.5 Å². The van der Waals surface area contributed by atoms with Crippen LogP contribution in [0.3, 0.4) is 0 Å². The van der Waals surface area contributed by atoms with Crippen molar-refractivity contribution in [2.75, 3.05) is 13.1 Å². The van der Waals surface area contributed by atoms with E-state index in [0.717, 1.165) is 43.1 Å². The molecule has 0 saturated carbocycles. The third kappa shape index (κ3) is 2.04. The first-order valence-electron chi connectivity index (χ1n) is 6.72. The minimum atomic E-state index is -0.00602. The van der Waals surface area contributed by atoms with Crippen molar-refractivity contribution in [1.29, 1.82) is 0 Å². The molecule has 5 nitrogen and oxygen atoms in total. The van der Waals surface area contributed by atoms with Gasteiger partial charge in [0, 0.05) is 12.7 Å². The Kier molecular flexibility index (Phi) is 3.06. The van der Waals surface area contributed by atoms with E-state index >= 15 is 0 Å². The molecule has 3 heterocycles. The number of hydrogen-bond acceptors (Lipinski definition) is 5. The molecule has 3 rings (SSSR count). The van der Waals surface area contributed by atoms with Gasteiger partial charge in [-0.2, -0.15) is 4.98 Å². The zero-order chi connectivity index (χ0) is 13.3. The molecule has 5 heteroatoms. The molecule has 2 aromatic rings. The van der Waals surface area contributed by atoms with Gasteiger partial charge in [0.15, 0.2) is 0 Å². The van der Waals surface area contributed by atoms with Gasteiger partial charge in [0.1, 0.15) is 5.69 Å². The van der Waals surface area contributed by atoms with Crippen molar-refractivity contribution in [3.8, 4) is 11.5 Å².